The van der Waals surface area contributed by atoms with E-state index in [4.69, 9.17) is 16.6 Å². The maximum Gasteiger partial charge on any atom is 0.389 e. The summed E-state index contributed by atoms with van der Waals surface area (Å²) in [5, 5.41) is 8.54. The molecular weight excluding hydrogens is 300 g/mol. The predicted octanol–water partition coefficient (Wildman–Crippen LogP) is 1.08. The van der Waals surface area contributed by atoms with Crippen LogP contribution >= 0.6 is 24.8 Å². The fourth-order valence-electron chi connectivity index (χ4n) is 1.22. The van der Waals surface area contributed by atoms with Gasteiger partial charge in [0.15, 0.2) is 0 Å². The minimum atomic E-state index is -4.41. The molecule has 0 fully saturated rings. The Bertz CT molecular complexity index is 277. The minimum absolute atomic E-state index is 0. The molecule has 2 atom stereocenters. The van der Waals surface area contributed by atoms with Crippen molar-refractivity contribution in [2.75, 3.05) is 0 Å². The van der Waals surface area contributed by atoms with Crippen molar-refractivity contribution in [3.8, 4) is 0 Å². The monoisotopic (exact) mass is 314 g/mol. The maximum absolute atomic E-state index is 11.9. The molecule has 0 aliphatic rings. The zero-order valence-corrected chi connectivity index (χ0v) is 10.8. The van der Waals surface area contributed by atoms with Crippen LogP contribution in [-0.2, 0) is 9.59 Å². The van der Waals surface area contributed by atoms with Gasteiger partial charge in [0.05, 0.1) is 0 Å². The number of carbonyl (C=O) groups excluding carboxylic acids is 1. The summed E-state index contributed by atoms with van der Waals surface area (Å²) in [6.45, 7) is 0. The molecule has 2 unspecified atom stereocenters. The second kappa shape index (κ2) is 9.23. The van der Waals surface area contributed by atoms with E-state index in [0.29, 0.717) is 0 Å². The number of carbonyl (C=O) groups is 2. The number of rotatable bonds is 6. The molecule has 0 spiro atoms. The van der Waals surface area contributed by atoms with Crippen molar-refractivity contribution in [1.82, 2.24) is 0 Å². The fourth-order valence-corrected chi connectivity index (χ4v) is 1.22. The van der Waals surface area contributed by atoms with E-state index in [2.05, 4.69) is 0 Å². The normalized spacial score (nSPS) is 13.8. The molecule has 0 heterocycles. The van der Waals surface area contributed by atoms with Gasteiger partial charge in [-0.15, -0.1) is 24.8 Å². The summed E-state index contributed by atoms with van der Waals surface area (Å²) >= 11 is 0. The molecule has 0 aliphatic carbocycles. The van der Waals surface area contributed by atoms with Gasteiger partial charge in [0.2, 0.25) is 5.91 Å². The number of carboxylic acids is 1. The number of hydrogen-bond acceptors (Lipinski definition) is 3. The van der Waals surface area contributed by atoms with Gasteiger partial charge in [-0.25, -0.2) is 0 Å². The Morgan fingerprint density at radius 3 is 1.94 bits per heavy atom. The number of alkyl halides is 3. The number of halogens is 5. The molecule has 5 N–H and O–H groups in total. The zero-order valence-electron chi connectivity index (χ0n) is 9.14. The summed E-state index contributed by atoms with van der Waals surface area (Å²) in [5.74, 6) is -3.42. The Morgan fingerprint density at radius 1 is 1.22 bits per heavy atom. The molecule has 0 bridgehead atoms. The van der Waals surface area contributed by atoms with Crippen LogP contribution in [0.25, 0.3) is 0 Å². The molecule has 10 heteroatoms. The highest BCUT2D eigenvalue weighted by Gasteiger charge is 2.32. The van der Waals surface area contributed by atoms with E-state index in [1.807, 2.05) is 0 Å². The number of primary amides is 1. The average Bonchev–Trinajstić information content (AvgIpc) is 2.08. The molecular formula is C8H15Cl2F3N2O3. The third-order valence-corrected chi connectivity index (χ3v) is 2.05. The molecule has 0 aromatic heterocycles. The molecule has 0 radical (unpaired) electrons. The van der Waals surface area contributed by atoms with Crippen molar-refractivity contribution in [1.29, 1.82) is 0 Å². The van der Waals surface area contributed by atoms with Crippen molar-refractivity contribution in [3.63, 3.8) is 0 Å². The van der Waals surface area contributed by atoms with Gasteiger partial charge in [-0.05, 0) is 12.3 Å². The SMILES string of the molecule is Cl.Cl.NC(=O)CC(CCC(F)(F)F)C(N)C(=O)O. The van der Waals surface area contributed by atoms with E-state index in [-0.39, 0.29) is 24.8 Å². The Balaban J connectivity index is -0.00000112. The minimum Gasteiger partial charge on any atom is -0.480 e. The summed E-state index contributed by atoms with van der Waals surface area (Å²) in [5.41, 5.74) is 9.97. The van der Waals surface area contributed by atoms with E-state index in [9.17, 15) is 22.8 Å². The molecule has 0 rings (SSSR count). The first-order valence-electron chi connectivity index (χ1n) is 4.47. The van der Waals surface area contributed by atoms with Gasteiger partial charge >= 0.3 is 12.1 Å². The van der Waals surface area contributed by atoms with Gasteiger partial charge in [0.1, 0.15) is 6.04 Å². The smallest absolute Gasteiger partial charge is 0.389 e. The lowest BCUT2D eigenvalue weighted by Gasteiger charge is -2.19. The molecule has 110 valence electrons. The van der Waals surface area contributed by atoms with Gasteiger partial charge in [-0.3, -0.25) is 9.59 Å². The molecule has 5 nitrogen and oxygen atoms in total. The molecule has 0 saturated carbocycles. The largest absolute Gasteiger partial charge is 0.480 e. The van der Waals surface area contributed by atoms with Crippen molar-refractivity contribution in [3.05, 3.63) is 0 Å². The van der Waals surface area contributed by atoms with Crippen LogP contribution in [0, 0.1) is 5.92 Å². The van der Waals surface area contributed by atoms with E-state index >= 15 is 0 Å². The van der Waals surface area contributed by atoms with Gasteiger partial charge in [0, 0.05) is 12.8 Å². The van der Waals surface area contributed by atoms with Gasteiger partial charge < -0.3 is 16.6 Å². The Labute approximate surface area is 114 Å². The number of hydrogen-bond donors (Lipinski definition) is 3. The van der Waals surface area contributed by atoms with Crippen molar-refractivity contribution in [2.24, 2.45) is 17.4 Å². The van der Waals surface area contributed by atoms with Crippen LogP contribution in [0.15, 0.2) is 0 Å². The number of nitrogens with two attached hydrogens (primary N) is 2. The van der Waals surface area contributed by atoms with Crippen LogP contribution in [-0.4, -0.2) is 29.2 Å². The van der Waals surface area contributed by atoms with Crippen LogP contribution < -0.4 is 11.5 Å². The first kappa shape index (κ1) is 22.5. The highest BCUT2D eigenvalue weighted by atomic mass is 35.5. The average molecular weight is 315 g/mol. The van der Waals surface area contributed by atoms with Crippen molar-refractivity contribution >= 4 is 36.7 Å². The lowest BCUT2D eigenvalue weighted by molar-refractivity contribution is -0.146. The third kappa shape index (κ3) is 10.4. The molecule has 18 heavy (non-hydrogen) atoms. The topological polar surface area (TPSA) is 106 Å². The maximum atomic E-state index is 11.9. The summed E-state index contributed by atoms with van der Waals surface area (Å²) in [6.07, 6.45) is -6.59. The van der Waals surface area contributed by atoms with E-state index in [1.165, 1.54) is 0 Å². The van der Waals surface area contributed by atoms with Crippen LogP contribution in [0.1, 0.15) is 19.3 Å². The highest BCUT2D eigenvalue weighted by molar-refractivity contribution is 5.85. The van der Waals surface area contributed by atoms with Crippen LogP contribution in [0.3, 0.4) is 0 Å². The van der Waals surface area contributed by atoms with Crippen LogP contribution in [0.4, 0.5) is 13.2 Å². The molecule has 0 aromatic carbocycles. The third-order valence-electron chi connectivity index (χ3n) is 2.05. The second-order valence-electron chi connectivity index (χ2n) is 3.45. The summed E-state index contributed by atoms with van der Waals surface area (Å²) < 4.78 is 35.7. The van der Waals surface area contributed by atoms with E-state index in [1.54, 1.807) is 0 Å². The zero-order chi connectivity index (χ0) is 12.9. The standard InChI is InChI=1S/C8H13F3N2O3.2ClH/c9-8(10,11)2-1-4(3-5(12)14)6(13)7(15)16;;/h4,6H,1-3,13H2,(H2,12,14)(H,15,16);2*1H. The fraction of sp³-hybridized carbons (Fsp3) is 0.750. The quantitative estimate of drug-likeness (QED) is 0.681. The van der Waals surface area contributed by atoms with E-state index < -0.39 is 49.3 Å². The van der Waals surface area contributed by atoms with E-state index in [0.717, 1.165) is 0 Å². The first-order chi connectivity index (χ1) is 7.13. The lowest BCUT2D eigenvalue weighted by Crippen LogP contribution is -2.40. The predicted molar refractivity (Wildman–Crippen MR) is 62.7 cm³/mol. The molecule has 0 aromatic rings. The summed E-state index contributed by atoms with van der Waals surface area (Å²) in [6, 6.07) is -1.52. The molecule has 1 amide bonds. The van der Waals surface area contributed by atoms with Crippen molar-refractivity contribution < 1.29 is 27.9 Å². The summed E-state index contributed by atoms with van der Waals surface area (Å²) in [7, 11) is 0. The van der Waals surface area contributed by atoms with Gasteiger partial charge in [-0.1, -0.05) is 0 Å². The number of amides is 1. The van der Waals surface area contributed by atoms with Crippen LogP contribution in [0.5, 0.6) is 0 Å². The first-order valence-corrected chi connectivity index (χ1v) is 4.47. The van der Waals surface area contributed by atoms with Crippen LogP contribution in [0.2, 0.25) is 0 Å². The van der Waals surface area contributed by atoms with Gasteiger partial charge in [0.25, 0.3) is 0 Å². The number of carboxylic acid groups (broad SMARTS) is 1. The number of aliphatic carboxylic acids is 1. The Hall–Kier alpha value is -0.730. The second-order valence-corrected chi connectivity index (χ2v) is 3.45. The summed E-state index contributed by atoms with van der Waals surface area (Å²) in [4.78, 5) is 21.0. The lowest BCUT2D eigenvalue weighted by atomic mass is 9.91. The van der Waals surface area contributed by atoms with Crippen molar-refractivity contribution in [2.45, 2.75) is 31.5 Å². The molecule has 0 aliphatic heterocycles. The van der Waals surface area contributed by atoms with Gasteiger partial charge in [-0.2, -0.15) is 13.2 Å². The highest BCUT2D eigenvalue weighted by Crippen LogP contribution is 2.26. The molecule has 0 saturated heterocycles. The Morgan fingerprint density at radius 2 is 1.67 bits per heavy atom. The Kier molecular flexibility index (Phi) is 11.5.